The van der Waals surface area contributed by atoms with Gasteiger partial charge in [-0.2, -0.15) is 0 Å². The molecule has 0 aliphatic carbocycles. The molecule has 2 nitrogen and oxygen atoms in total. The Morgan fingerprint density at radius 1 is 1.00 bits per heavy atom. The molecule has 0 saturated carbocycles. The van der Waals surface area contributed by atoms with E-state index in [4.69, 9.17) is 0 Å². The van der Waals surface area contributed by atoms with E-state index in [0.29, 0.717) is 6.04 Å². The minimum Gasteiger partial charge on any atom is -0.374 e. The van der Waals surface area contributed by atoms with Crippen molar-refractivity contribution in [3.63, 3.8) is 0 Å². The molecule has 0 aliphatic rings. The van der Waals surface area contributed by atoms with Crippen molar-refractivity contribution in [1.82, 2.24) is 5.32 Å². The molecule has 0 aromatic heterocycles. The molecule has 2 aromatic rings. The zero-order chi connectivity index (χ0) is 15.1. The van der Waals surface area contributed by atoms with Crippen LogP contribution in [0.2, 0.25) is 0 Å². The van der Waals surface area contributed by atoms with Gasteiger partial charge in [0, 0.05) is 25.3 Å². The van der Waals surface area contributed by atoms with Gasteiger partial charge in [-0.15, -0.1) is 0 Å². The Kier molecular flexibility index (Phi) is 5.82. The lowest BCUT2D eigenvalue weighted by molar-refractivity contribution is 0.576. The average molecular weight is 282 g/mol. The van der Waals surface area contributed by atoms with Crippen LogP contribution in [0.25, 0.3) is 0 Å². The summed E-state index contributed by atoms with van der Waals surface area (Å²) >= 11 is 0. The van der Waals surface area contributed by atoms with Gasteiger partial charge in [-0.1, -0.05) is 55.5 Å². The van der Waals surface area contributed by atoms with Crippen molar-refractivity contribution in [2.75, 3.05) is 25.5 Å². The first kappa shape index (κ1) is 15.6. The molecule has 2 aromatic carbocycles. The first-order valence-corrected chi connectivity index (χ1v) is 7.77. The lowest BCUT2D eigenvalue weighted by Gasteiger charge is -2.26. The van der Waals surface area contributed by atoms with E-state index in [1.807, 2.05) is 7.05 Å². The smallest absolute Gasteiger partial charge is 0.0412 e. The molecular weight excluding hydrogens is 256 g/mol. The first-order valence-electron chi connectivity index (χ1n) is 7.77. The van der Waals surface area contributed by atoms with E-state index in [0.717, 1.165) is 19.4 Å². The number of para-hydroxylation sites is 1. The average Bonchev–Trinajstić information content (AvgIpc) is 2.55. The van der Waals surface area contributed by atoms with Gasteiger partial charge in [0.25, 0.3) is 0 Å². The Labute approximate surface area is 128 Å². The Morgan fingerprint density at radius 2 is 1.67 bits per heavy atom. The first-order chi connectivity index (χ1) is 10.3. The van der Waals surface area contributed by atoms with Gasteiger partial charge in [0.2, 0.25) is 0 Å². The van der Waals surface area contributed by atoms with Crippen molar-refractivity contribution >= 4 is 5.69 Å². The summed E-state index contributed by atoms with van der Waals surface area (Å²) in [5, 5.41) is 3.41. The third-order valence-electron chi connectivity index (χ3n) is 4.06. The summed E-state index contributed by atoms with van der Waals surface area (Å²) in [6.07, 6.45) is 2.17. The van der Waals surface area contributed by atoms with Crippen molar-refractivity contribution < 1.29 is 0 Å². The molecule has 112 valence electrons. The Balaban J connectivity index is 2.10. The van der Waals surface area contributed by atoms with Crippen LogP contribution < -0.4 is 10.2 Å². The van der Waals surface area contributed by atoms with Gasteiger partial charge < -0.3 is 10.2 Å². The Morgan fingerprint density at radius 3 is 2.33 bits per heavy atom. The van der Waals surface area contributed by atoms with Crippen LogP contribution in [-0.4, -0.2) is 20.6 Å². The maximum absolute atomic E-state index is 3.41. The summed E-state index contributed by atoms with van der Waals surface area (Å²) in [6.45, 7) is 3.25. The van der Waals surface area contributed by atoms with Crippen molar-refractivity contribution in [3.05, 3.63) is 65.7 Å². The summed E-state index contributed by atoms with van der Waals surface area (Å²) in [4.78, 5) is 2.36. The second-order valence-corrected chi connectivity index (χ2v) is 5.47. The van der Waals surface area contributed by atoms with Crippen molar-refractivity contribution in [3.8, 4) is 0 Å². The minimum atomic E-state index is 0.417. The number of nitrogens with zero attached hydrogens (tertiary/aromatic N) is 1. The number of nitrogens with one attached hydrogen (secondary N) is 1. The predicted octanol–water partition coefficient (Wildman–Crippen LogP) is 4.04. The molecule has 1 atom stereocenters. The van der Waals surface area contributed by atoms with Crippen molar-refractivity contribution in [2.45, 2.75) is 25.8 Å². The highest BCUT2D eigenvalue weighted by atomic mass is 15.1. The van der Waals surface area contributed by atoms with Crippen molar-refractivity contribution in [2.24, 2.45) is 0 Å². The van der Waals surface area contributed by atoms with Crippen LogP contribution in [0.15, 0.2) is 54.6 Å². The van der Waals surface area contributed by atoms with Crippen LogP contribution in [0.1, 0.15) is 30.5 Å². The molecule has 0 aliphatic heterocycles. The molecule has 0 heterocycles. The molecule has 0 amide bonds. The molecule has 21 heavy (non-hydrogen) atoms. The molecule has 0 fully saturated rings. The largest absolute Gasteiger partial charge is 0.374 e. The van der Waals surface area contributed by atoms with E-state index in [9.17, 15) is 0 Å². The second-order valence-electron chi connectivity index (χ2n) is 5.47. The standard InChI is InChI=1S/C19H26N2/c1-4-18(20-2)17-12-8-9-13-19(17)21(3)15-14-16-10-6-5-7-11-16/h5-13,18,20H,4,14-15H2,1-3H3. The molecule has 0 radical (unpaired) electrons. The van der Waals surface area contributed by atoms with Gasteiger partial charge >= 0.3 is 0 Å². The topological polar surface area (TPSA) is 15.3 Å². The monoisotopic (exact) mass is 282 g/mol. The highest BCUT2D eigenvalue weighted by molar-refractivity contribution is 5.54. The maximum Gasteiger partial charge on any atom is 0.0412 e. The van der Waals surface area contributed by atoms with Gasteiger partial charge in [0.1, 0.15) is 0 Å². The van der Waals surface area contributed by atoms with Crippen LogP contribution in [0.5, 0.6) is 0 Å². The van der Waals surface area contributed by atoms with Crippen LogP contribution >= 0.6 is 0 Å². The molecule has 0 spiro atoms. The van der Waals surface area contributed by atoms with Gasteiger partial charge in [0.15, 0.2) is 0 Å². The predicted molar refractivity (Wildman–Crippen MR) is 91.9 cm³/mol. The SMILES string of the molecule is CCC(NC)c1ccccc1N(C)CCc1ccccc1. The van der Waals surface area contributed by atoms with Gasteiger partial charge in [-0.05, 0) is 37.1 Å². The summed E-state index contributed by atoms with van der Waals surface area (Å²) in [6, 6.07) is 19.8. The molecule has 0 saturated heterocycles. The lowest BCUT2D eigenvalue weighted by Crippen LogP contribution is -2.24. The summed E-state index contributed by atoms with van der Waals surface area (Å²) in [7, 11) is 4.22. The fourth-order valence-electron chi connectivity index (χ4n) is 2.77. The fourth-order valence-corrected chi connectivity index (χ4v) is 2.77. The van der Waals surface area contributed by atoms with E-state index >= 15 is 0 Å². The minimum absolute atomic E-state index is 0.417. The van der Waals surface area contributed by atoms with E-state index in [1.54, 1.807) is 0 Å². The zero-order valence-electron chi connectivity index (χ0n) is 13.3. The molecule has 2 rings (SSSR count). The van der Waals surface area contributed by atoms with Crippen LogP contribution in [0.4, 0.5) is 5.69 Å². The van der Waals surface area contributed by atoms with E-state index < -0.39 is 0 Å². The molecule has 1 N–H and O–H groups in total. The van der Waals surface area contributed by atoms with E-state index in [2.05, 4.69) is 78.8 Å². The highest BCUT2D eigenvalue weighted by Crippen LogP contribution is 2.27. The Bertz CT molecular complexity index is 532. The number of hydrogen-bond acceptors (Lipinski definition) is 2. The number of hydrogen-bond donors (Lipinski definition) is 1. The van der Waals surface area contributed by atoms with Crippen LogP contribution in [-0.2, 0) is 6.42 Å². The third-order valence-corrected chi connectivity index (χ3v) is 4.06. The quantitative estimate of drug-likeness (QED) is 0.824. The lowest BCUT2D eigenvalue weighted by atomic mass is 10.0. The summed E-state index contributed by atoms with van der Waals surface area (Å²) in [5.74, 6) is 0. The van der Waals surface area contributed by atoms with Gasteiger partial charge in [0.05, 0.1) is 0 Å². The van der Waals surface area contributed by atoms with E-state index in [-0.39, 0.29) is 0 Å². The highest BCUT2D eigenvalue weighted by Gasteiger charge is 2.13. The molecule has 0 bridgehead atoms. The van der Waals surface area contributed by atoms with E-state index in [1.165, 1.54) is 16.8 Å². The van der Waals surface area contributed by atoms with Gasteiger partial charge in [-0.25, -0.2) is 0 Å². The molecule has 2 heteroatoms. The maximum atomic E-state index is 3.41. The number of benzene rings is 2. The van der Waals surface area contributed by atoms with Crippen molar-refractivity contribution in [1.29, 1.82) is 0 Å². The summed E-state index contributed by atoms with van der Waals surface area (Å²) < 4.78 is 0. The zero-order valence-corrected chi connectivity index (χ0v) is 13.3. The van der Waals surface area contributed by atoms with Gasteiger partial charge in [-0.3, -0.25) is 0 Å². The second kappa shape index (κ2) is 7.84. The molecular formula is C19H26N2. The number of anilines is 1. The fraction of sp³-hybridized carbons (Fsp3) is 0.368. The third kappa shape index (κ3) is 4.08. The van der Waals surface area contributed by atoms with Crippen LogP contribution in [0, 0.1) is 0 Å². The number of rotatable bonds is 7. The Hall–Kier alpha value is -1.80. The number of likely N-dealkylation sites (N-methyl/N-ethyl adjacent to an activating group) is 1. The summed E-state index contributed by atoms with van der Waals surface area (Å²) in [5.41, 5.74) is 4.11. The normalized spacial score (nSPS) is 12.1. The molecule has 1 unspecified atom stereocenters. The van der Waals surface area contributed by atoms with Crippen LogP contribution in [0.3, 0.4) is 0 Å².